The van der Waals surface area contributed by atoms with Gasteiger partial charge in [0.1, 0.15) is 12.7 Å². The van der Waals surface area contributed by atoms with Gasteiger partial charge in [0.15, 0.2) is 11.5 Å². The molecule has 0 spiro atoms. The Morgan fingerprint density at radius 1 is 1.10 bits per heavy atom. The lowest BCUT2D eigenvalue weighted by Crippen LogP contribution is -2.32. The van der Waals surface area contributed by atoms with Crippen molar-refractivity contribution in [3.05, 3.63) is 59.7 Å². The van der Waals surface area contributed by atoms with Gasteiger partial charge in [-0.1, -0.05) is 36.4 Å². The number of hydrogen-bond donors (Lipinski definition) is 2. The summed E-state index contributed by atoms with van der Waals surface area (Å²) in [5.41, 5.74) is 2.36. The predicted octanol–water partition coefficient (Wildman–Crippen LogP) is 3.08. The van der Waals surface area contributed by atoms with Crippen molar-refractivity contribution in [3.8, 4) is 11.5 Å². The maximum atomic E-state index is 10.4. The van der Waals surface area contributed by atoms with Crippen LogP contribution in [0.1, 0.15) is 24.0 Å². The van der Waals surface area contributed by atoms with Gasteiger partial charge in [-0.3, -0.25) is 4.90 Å². The Bertz CT molecular complexity index is 765. The molecule has 0 saturated carbocycles. The van der Waals surface area contributed by atoms with Gasteiger partial charge in [-0.15, -0.1) is 0 Å². The number of likely N-dealkylation sites (N-methyl/N-ethyl adjacent to an activating group) is 1. The van der Waals surface area contributed by atoms with Crippen LogP contribution in [0.4, 0.5) is 0 Å². The normalized spacial score (nSPS) is 15.7. The van der Waals surface area contributed by atoms with Crippen LogP contribution in [0.15, 0.2) is 48.5 Å². The average Bonchev–Trinajstić information content (AvgIpc) is 2.79. The second-order valence-corrected chi connectivity index (χ2v) is 8.32. The number of hydrogen-bond acceptors (Lipinski definition) is 6. The highest BCUT2D eigenvalue weighted by atomic mass is 16.5. The standard InChI is InChI=1S/C25H36N2O4/c1-27(17-21-6-4-3-5-7-21)18-23(28)19-31-25-14-22(8-9-24(25)29-2)16-26-15-20-10-12-30-13-11-20/h3-9,14,20,23,26,28H,10-13,15-19H2,1-2H3. The Morgan fingerprint density at radius 3 is 2.61 bits per heavy atom. The van der Waals surface area contributed by atoms with Gasteiger partial charge in [0.2, 0.25) is 0 Å². The number of benzene rings is 2. The first-order chi connectivity index (χ1) is 15.1. The van der Waals surface area contributed by atoms with Crippen molar-refractivity contribution >= 4 is 0 Å². The van der Waals surface area contributed by atoms with Gasteiger partial charge in [-0.2, -0.15) is 0 Å². The SMILES string of the molecule is COc1ccc(CNCC2CCOCC2)cc1OCC(O)CN(C)Cc1ccccc1. The van der Waals surface area contributed by atoms with Gasteiger partial charge in [-0.05, 0) is 55.6 Å². The molecule has 1 aliphatic rings. The molecule has 1 aliphatic heterocycles. The number of nitrogens with one attached hydrogen (secondary N) is 1. The molecule has 31 heavy (non-hydrogen) atoms. The summed E-state index contributed by atoms with van der Waals surface area (Å²) in [5, 5.41) is 14.0. The third-order valence-corrected chi connectivity index (χ3v) is 5.58. The molecule has 0 radical (unpaired) electrons. The number of aliphatic hydroxyl groups is 1. The first-order valence-electron chi connectivity index (χ1n) is 11.1. The van der Waals surface area contributed by atoms with E-state index in [1.165, 1.54) is 5.56 Å². The van der Waals surface area contributed by atoms with E-state index >= 15 is 0 Å². The second-order valence-electron chi connectivity index (χ2n) is 8.32. The Balaban J connectivity index is 1.45. The van der Waals surface area contributed by atoms with Gasteiger partial charge in [0.25, 0.3) is 0 Å². The fourth-order valence-corrected chi connectivity index (χ4v) is 3.87. The van der Waals surface area contributed by atoms with Crippen molar-refractivity contribution in [1.29, 1.82) is 0 Å². The van der Waals surface area contributed by atoms with E-state index in [0.717, 1.165) is 51.3 Å². The van der Waals surface area contributed by atoms with Crippen LogP contribution in [0, 0.1) is 5.92 Å². The fourth-order valence-electron chi connectivity index (χ4n) is 3.87. The molecule has 0 aliphatic carbocycles. The maximum Gasteiger partial charge on any atom is 0.161 e. The first kappa shape index (κ1) is 23.5. The lowest BCUT2D eigenvalue weighted by Gasteiger charge is -2.22. The summed E-state index contributed by atoms with van der Waals surface area (Å²) in [6.07, 6.45) is 1.66. The highest BCUT2D eigenvalue weighted by Crippen LogP contribution is 2.28. The van der Waals surface area contributed by atoms with Gasteiger partial charge < -0.3 is 24.6 Å². The second kappa shape index (κ2) is 12.7. The minimum absolute atomic E-state index is 0.217. The van der Waals surface area contributed by atoms with Crippen molar-refractivity contribution < 1.29 is 19.3 Å². The summed E-state index contributed by atoms with van der Waals surface area (Å²) in [6, 6.07) is 16.2. The summed E-state index contributed by atoms with van der Waals surface area (Å²) in [7, 11) is 3.64. The molecule has 0 aromatic heterocycles. The van der Waals surface area contributed by atoms with E-state index in [2.05, 4.69) is 22.3 Å². The molecule has 1 fully saturated rings. The molecule has 2 N–H and O–H groups in total. The average molecular weight is 429 g/mol. The monoisotopic (exact) mass is 428 g/mol. The fraction of sp³-hybridized carbons (Fsp3) is 0.520. The summed E-state index contributed by atoms with van der Waals surface area (Å²) in [5.74, 6) is 2.03. The zero-order valence-corrected chi connectivity index (χ0v) is 18.8. The molecule has 1 saturated heterocycles. The highest BCUT2D eigenvalue weighted by molar-refractivity contribution is 5.43. The first-order valence-corrected chi connectivity index (χ1v) is 11.1. The maximum absolute atomic E-state index is 10.4. The van der Waals surface area contributed by atoms with Crippen LogP contribution >= 0.6 is 0 Å². The van der Waals surface area contributed by atoms with Gasteiger partial charge >= 0.3 is 0 Å². The van der Waals surface area contributed by atoms with Crippen LogP contribution in [-0.2, 0) is 17.8 Å². The van der Waals surface area contributed by atoms with Crippen molar-refractivity contribution in [3.63, 3.8) is 0 Å². The number of rotatable bonds is 12. The molecule has 2 aromatic carbocycles. The van der Waals surface area contributed by atoms with E-state index in [0.29, 0.717) is 24.0 Å². The molecule has 6 heteroatoms. The number of nitrogens with zero attached hydrogens (tertiary/aromatic N) is 1. The van der Waals surface area contributed by atoms with E-state index in [1.54, 1.807) is 7.11 Å². The van der Waals surface area contributed by atoms with Crippen LogP contribution in [0.3, 0.4) is 0 Å². The number of aliphatic hydroxyl groups excluding tert-OH is 1. The van der Waals surface area contributed by atoms with Gasteiger partial charge in [-0.25, -0.2) is 0 Å². The van der Waals surface area contributed by atoms with Gasteiger partial charge in [0.05, 0.1) is 7.11 Å². The van der Waals surface area contributed by atoms with Crippen molar-refractivity contribution in [1.82, 2.24) is 10.2 Å². The van der Waals surface area contributed by atoms with Crippen molar-refractivity contribution in [2.24, 2.45) is 5.92 Å². The minimum Gasteiger partial charge on any atom is -0.493 e. The molecule has 2 aromatic rings. The van der Waals surface area contributed by atoms with E-state index in [9.17, 15) is 5.11 Å². The van der Waals surface area contributed by atoms with E-state index < -0.39 is 6.10 Å². The largest absolute Gasteiger partial charge is 0.493 e. The molecule has 170 valence electrons. The molecule has 1 unspecified atom stereocenters. The molecule has 6 nitrogen and oxygen atoms in total. The Labute approximate surface area is 186 Å². The molecule has 0 bridgehead atoms. The number of ether oxygens (including phenoxy) is 3. The zero-order valence-electron chi connectivity index (χ0n) is 18.8. The Hall–Kier alpha value is -2.12. The molecular weight excluding hydrogens is 392 g/mol. The predicted molar refractivity (Wildman–Crippen MR) is 123 cm³/mol. The lowest BCUT2D eigenvalue weighted by atomic mass is 10.0. The Kier molecular flexibility index (Phi) is 9.62. The van der Waals surface area contributed by atoms with Crippen LogP contribution in [0.5, 0.6) is 11.5 Å². The van der Waals surface area contributed by atoms with Crippen molar-refractivity contribution in [2.75, 3.05) is 47.1 Å². The molecule has 1 atom stereocenters. The zero-order chi connectivity index (χ0) is 21.9. The van der Waals surface area contributed by atoms with Crippen LogP contribution < -0.4 is 14.8 Å². The van der Waals surface area contributed by atoms with E-state index in [-0.39, 0.29) is 6.61 Å². The van der Waals surface area contributed by atoms with Crippen LogP contribution in [0.2, 0.25) is 0 Å². The Morgan fingerprint density at radius 2 is 1.87 bits per heavy atom. The summed E-state index contributed by atoms with van der Waals surface area (Å²) < 4.78 is 16.8. The lowest BCUT2D eigenvalue weighted by molar-refractivity contribution is 0.0662. The van der Waals surface area contributed by atoms with Crippen LogP contribution in [0.25, 0.3) is 0 Å². The third-order valence-electron chi connectivity index (χ3n) is 5.58. The molecule has 1 heterocycles. The summed E-state index contributed by atoms with van der Waals surface area (Å²) in [6.45, 7) is 5.05. The highest BCUT2D eigenvalue weighted by Gasteiger charge is 2.14. The van der Waals surface area contributed by atoms with Crippen molar-refractivity contribution in [2.45, 2.75) is 32.0 Å². The smallest absolute Gasteiger partial charge is 0.161 e. The summed E-state index contributed by atoms with van der Waals surface area (Å²) >= 11 is 0. The summed E-state index contributed by atoms with van der Waals surface area (Å²) in [4.78, 5) is 2.09. The van der Waals surface area contributed by atoms with Crippen LogP contribution in [-0.4, -0.2) is 63.2 Å². The molecular formula is C25H36N2O4. The van der Waals surface area contributed by atoms with Gasteiger partial charge in [0, 0.05) is 32.8 Å². The molecule has 3 rings (SSSR count). The topological polar surface area (TPSA) is 63.2 Å². The quantitative estimate of drug-likeness (QED) is 0.542. The third kappa shape index (κ3) is 8.15. The molecule has 0 amide bonds. The minimum atomic E-state index is -0.589. The van der Waals surface area contributed by atoms with E-state index in [1.807, 2.05) is 43.4 Å². The number of methoxy groups -OCH3 is 1. The van der Waals surface area contributed by atoms with E-state index in [4.69, 9.17) is 14.2 Å².